The molecule has 0 spiro atoms. The van der Waals surface area contributed by atoms with E-state index in [0.29, 0.717) is 17.4 Å². The second-order valence-electron chi connectivity index (χ2n) is 4.93. The predicted octanol–water partition coefficient (Wildman–Crippen LogP) is 1.40. The number of ether oxygens (including phenoxy) is 1. The summed E-state index contributed by atoms with van der Waals surface area (Å²) in [4.78, 5) is 15.5. The molecule has 1 aliphatic heterocycles. The number of nitrogens with one attached hydrogen (secondary N) is 2. The average Bonchev–Trinajstić information content (AvgIpc) is 3.09. The van der Waals surface area contributed by atoms with Crippen molar-refractivity contribution in [3.05, 3.63) is 30.0 Å². The smallest absolute Gasteiger partial charge is 0.153 e. The summed E-state index contributed by atoms with van der Waals surface area (Å²) in [6.07, 6.45) is 3.66. The van der Waals surface area contributed by atoms with Crippen LogP contribution in [-0.2, 0) is 0 Å². The van der Waals surface area contributed by atoms with Gasteiger partial charge in [0.1, 0.15) is 11.6 Å². The molecule has 0 saturated carbocycles. The number of anilines is 1. The fourth-order valence-corrected chi connectivity index (χ4v) is 2.57. The van der Waals surface area contributed by atoms with E-state index in [9.17, 15) is 4.79 Å². The van der Waals surface area contributed by atoms with Crippen molar-refractivity contribution in [1.82, 2.24) is 10.3 Å². The summed E-state index contributed by atoms with van der Waals surface area (Å²) in [5, 5.41) is 8.73. The van der Waals surface area contributed by atoms with Gasteiger partial charge in [-0.15, -0.1) is 0 Å². The molecule has 6 heteroatoms. The molecule has 3 rings (SSSR count). The van der Waals surface area contributed by atoms with E-state index in [1.807, 2.05) is 18.2 Å². The summed E-state index contributed by atoms with van der Waals surface area (Å²) >= 11 is 0. The zero-order valence-corrected chi connectivity index (χ0v) is 12.9. The number of hydrogen-bond acceptors (Lipinski definition) is 6. The molecule has 118 valence electrons. The monoisotopic (exact) mass is 302 g/mol. The van der Waals surface area contributed by atoms with Gasteiger partial charge in [0, 0.05) is 24.2 Å². The largest absolute Gasteiger partial charge is 0.496 e. The highest BCUT2D eigenvalue weighted by Crippen LogP contribution is 2.29. The number of rotatable bonds is 4. The van der Waals surface area contributed by atoms with Gasteiger partial charge in [0.15, 0.2) is 6.29 Å². The van der Waals surface area contributed by atoms with Crippen LogP contribution >= 0.6 is 0 Å². The lowest BCUT2D eigenvalue weighted by molar-refractivity contribution is 0.112. The Morgan fingerprint density at radius 2 is 2.27 bits per heavy atom. The molecule has 0 aliphatic carbocycles. The van der Waals surface area contributed by atoms with E-state index in [0.717, 1.165) is 42.4 Å². The van der Waals surface area contributed by atoms with E-state index in [2.05, 4.69) is 21.4 Å². The number of hydrogen-bond donors (Lipinski definition) is 3. The minimum absolute atomic E-state index is 0.393. The highest BCUT2D eigenvalue weighted by molar-refractivity contribution is 5.97. The van der Waals surface area contributed by atoms with Gasteiger partial charge in [0.2, 0.25) is 0 Å². The molecule has 1 saturated heterocycles. The van der Waals surface area contributed by atoms with Gasteiger partial charge in [0.05, 0.1) is 12.7 Å². The summed E-state index contributed by atoms with van der Waals surface area (Å²) < 4.78 is 5.27. The standard InChI is InChI=1S/C15H17N3O2.CH5N/c1-20-14-7-13-10(6-11(14)9-19)2-5-17-15(13)18-12-3-4-16-8-12;1-2/h2,5-7,9,12,16H,3-4,8H2,1H3,(H,17,18);2H2,1H3. The lowest BCUT2D eigenvalue weighted by Crippen LogP contribution is -2.22. The number of nitrogens with two attached hydrogens (primary N) is 1. The van der Waals surface area contributed by atoms with Gasteiger partial charge < -0.3 is 21.1 Å². The summed E-state index contributed by atoms with van der Waals surface area (Å²) in [5.74, 6) is 1.42. The lowest BCUT2D eigenvalue weighted by atomic mass is 10.1. The van der Waals surface area contributed by atoms with Crippen molar-refractivity contribution in [2.75, 3.05) is 32.6 Å². The number of carbonyl (C=O) groups is 1. The highest BCUT2D eigenvalue weighted by Gasteiger charge is 2.16. The van der Waals surface area contributed by atoms with E-state index >= 15 is 0 Å². The van der Waals surface area contributed by atoms with E-state index in [4.69, 9.17) is 4.74 Å². The molecule has 1 aliphatic rings. The topological polar surface area (TPSA) is 89.3 Å². The number of carbonyl (C=O) groups excluding carboxylic acids is 1. The van der Waals surface area contributed by atoms with Gasteiger partial charge in [-0.25, -0.2) is 4.98 Å². The van der Waals surface area contributed by atoms with E-state index in [1.54, 1.807) is 13.3 Å². The van der Waals surface area contributed by atoms with Crippen LogP contribution in [0.25, 0.3) is 10.8 Å². The first-order valence-electron chi connectivity index (χ1n) is 7.28. The first-order valence-corrected chi connectivity index (χ1v) is 7.28. The number of fused-ring (bicyclic) bond motifs is 1. The van der Waals surface area contributed by atoms with Crippen molar-refractivity contribution in [2.45, 2.75) is 12.5 Å². The molecule has 1 fully saturated rings. The molecule has 1 atom stereocenters. The maximum Gasteiger partial charge on any atom is 0.153 e. The minimum atomic E-state index is 0.393. The molecule has 1 aromatic heterocycles. The maximum absolute atomic E-state index is 11.1. The molecular formula is C16H22N4O2. The molecule has 0 amide bonds. The second-order valence-corrected chi connectivity index (χ2v) is 4.93. The van der Waals surface area contributed by atoms with Crippen molar-refractivity contribution in [1.29, 1.82) is 0 Å². The van der Waals surface area contributed by atoms with Crippen molar-refractivity contribution < 1.29 is 9.53 Å². The summed E-state index contributed by atoms with van der Waals surface area (Å²) in [5.41, 5.74) is 5.06. The summed E-state index contributed by atoms with van der Waals surface area (Å²) in [6, 6.07) is 6.00. The Labute approximate surface area is 130 Å². The Morgan fingerprint density at radius 3 is 2.91 bits per heavy atom. The van der Waals surface area contributed by atoms with Crippen LogP contribution in [0.5, 0.6) is 5.75 Å². The van der Waals surface area contributed by atoms with Gasteiger partial charge in [-0.2, -0.15) is 0 Å². The first kappa shape index (κ1) is 16.2. The number of nitrogens with zero attached hydrogens (tertiary/aromatic N) is 1. The Balaban J connectivity index is 0.000000847. The van der Waals surface area contributed by atoms with E-state index in [1.165, 1.54) is 7.05 Å². The minimum Gasteiger partial charge on any atom is -0.496 e. The molecule has 0 radical (unpaired) electrons. The molecule has 4 N–H and O–H groups in total. The molecule has 6 nitrogen and oxygen atoms in total. The van der Waals surface area contributed by atoms with Crippen LogP contribution < -0.4 is 21.1 Å². The number of aromatic nitrogens is 1. The molecule has 2 aromatic rings. The fraction of sp³-hybridized carbons (Fsp3) is 0.375. The molecule has 1 aromatic carbocycles. The Bertz CT molecular complexity index is 639. The third-order valence-electron chi connectivity index (χ3n) is 3.64. The molecular weight excluding hydrogens is 280 g/mol. The Morgan fingerprint density at radius 1 is 1.45 bits per heavy atom. The number of methoxy groups -OCH3 is 1. The van der Waals surface area contributed by atoms with Gasteiger partial charge in [-0.05, 0) is 43.6 Å². The van der Waals surface area contributed by atoms with Crippen LogP contribution in [0.2, 0.25) is 0 Å². The second kappa shape index (κ2) is 7.72. The van der Waals surface area contributed by atoms with Crippen LogP contribution in [0.1, 0.15) is 16.8 Å². The van der Waals surface area contributed by atoms with Gasteiger partial charge in [-0.3, -0.25) is 4.79 Å². The first-order chi connectivity index (χ1) is 10.8. The SMILES string of the molecule is CN.COc1cc2c(NC3CCNC3)nccc2cc1C=O. The number of benzene rings is 1. The van der Waals surface area contributed by atoms with Crippen molar-refractivity contribution >= 4 is 22.9 Å². The Kier molecular flexibility index (Phi) is 5.68. The van der Waals surface area contributed by atoms with Crippen LogP contribution in [0.3, 0.4) is 0 Å². The number of aldehydes is 1. The van der Waals surface area contributed by atoms with Crippen LogP contribution in [0, 0.1) is 0 Å². The van der Waals surface area contributed by atoms with Gasteiger partial charge in [-0.1, -0.05) is 0 Å². The molecule has 0 bridgehead atoms. The van der Waals surface area contributed by atoms with E-state index < -0.39 is 0 Å². The highest BCUT2D eigenvalue weighted by atomic mass is 16.5. The Hall–Kier alpha value is -2.18. The van der Waals surface area contributed by atoms with Crippen molar-refractivity contribution in [3.63, 3.8) is 0 Å². The van der Waals surface area contributed by atoms with Crippen LogP contribution in [0.4, 0.5) is 5.82 Å². The predicted molar refractivity (Wildman–Crippen MR) is 88.7 cm³/mol. The zero-order valence-electron chi connectivity index (χ0n) is 12.9. The summed E-state index contributed by atoms with van der Waals surface area (Å²) in [6.45, 7) is 1.97. The van der Waals surface area contributed by atoms with Crippen LogP contribution in [0.15, 0.2) is 24.4 Å². The van der Waals surface area contributed by atoms with Crippen LogP contribution in [-0.4, -0.2) is 44.6 Å². The number of pyridine rings is 1. The normalized spacial score (nSPS) is 16.8. The van der Waals surface area contributed by atoms with Gasteiger partial charge in [0.25, 0.3) is 0 Å². The van der Waals surface area contributed by atoms with E-state index in [-0.39, 0.29) is 0 Å². The lowest BCUT2D eigenvalue weighted by Gasteiger charge is -2.15. The molecule has 1 unspecified atom stereocenters. The van der Waals surface area contributed by atoms with Crippen molar-refractivity contribution in [2.24, 2.45) is 5.73 Å². The van der Waals surface area contributed by atoms with Gasteiger partial charge >= 0.3 is 0 Å². The fourth-order valence-electron chi connectivity index (χ4n) is 2.57. The maximum atomic E-state index is 11.1. The molecule has 22 heavy (non-hydrogen) atoms. The zero-order chi connectivity index (χ0) is 15.9. The third kappa shape index (κ3) is 3.35. The summed E-state index contributed by atoms with van der Waals surface area (Å²) in [7, 11) is 3.07. The average molecular weight is 302 g/mol. The molecule has 2 heterocycles. The quantitative estimate of drug-likeness (QED) is 0.740. The van der Waals surface area contributed by atoms with Crippen molar-refractivity contribution in [3.8, 4) is 5.75 Å². The third-order valence-corrected chi connectivity index (χ3v) is 3.64.